The van der Waals surface area contributed by atoms with E-state index in [0.717, 1.165) is 24.1 Å². The van der Waals surface area contributed by atoms with E-state index in [0.29, 0.717) is 6.54 Å². The summed E-state index contributed by atoms with van der Waals surface area (Å²) in [5.41, 5.74) is 3.49. The Bertz CT molecular complexity index is 749. The molecule has 3 heteroatoms. The van der Waals surface area contributed by atoms with Crippen LogP contribution in [0.3, 0.4) is 0 Å². The second-order valence-corrected chi connectivity index (χ2v) is 6.34. The van der Waals surface area contributed by atoms with Crippen molar-refractivity contribution in [3.05, 3.63) is 108 Å². The van der Waals surface area contributed by atoms with Crippen LogP contribution in [0.2, 0.25) is 0 Å². The molecule has 3 aromatic carbocycles. The number of nitrogens with two attached hydrogens (primary N) is 1. The molecule has 0 heterocycles. The third kappa shape index (κ3) is 5.30. The largest absolute Gasteiger partial charge is 0.340 e. The Morgan fingerprint density at radius 1 is 0.769 bits per heavy atom. The fourth-order valence-electron chi connectivity index (χ4n) is 3.02. The highest BCUT2D eigenvalue weighted by atomic mass is 16.1. The average molecular weight is 345 g/mol. The molecule has 132 valence electrons. The number of hydrogen-bond acceptors (Lipinski definition) is 1. The van der Waals surface area contributed by atoms with Crippen molar-refractivity contribution in [1.29, 1.82) is 0 Å². The summed E-state index contributed by atoms with van der Waals surface area (Å²) in [5, 5.41) is 5.24. The van der Waals surface area contributed by atoms with Crippen molar-refractivity contribution in [2.45, 2.75) is 12.5 Å². The zero-order valence-corrected chi connectivity index (χ0v) is 14.8. The highest BCUT2D eigenvalue weighted by Gasteiger charge is 2.17. The van der Waals surface area contributed by atoms with Gasteiger partial charge in [-0.15, -0.1) is 0 Å². The Hall–Kier alpha value is -2.91. The molecule has 0 spiro atoms. The van der Waals surface area contributed by atoms with Gasteiger partial charge in [-0.3, -0.25) is 4.79 Å². The number of carbonyl (C=O) groups excluding carboxylic acids is 1. The molecule has 1 amide bonds. The van der Waals surface area contributed by atoms with Gasteiger partial charge >= 0.3 is 0 Å². The molecule has 0 fully saturated rings. The number of amides is 1. The second kappa shape index (κ2) is 9.54. The first kappa shape index (κ1) is 17.9. The van der Waals surface area contributed by atoms with Crippen molar-refractivity contribution in [2.75, 3.05) is 13.1 Å². The van der Waals surface area contributed by atoms with Gasteiger partial charge in [0.25, 0.3) is 5.91 Å². The topological polar surface area (TPSA) is 45.7 Å². The van der Waals surface area contributed by atoms with Gasteiger partial charge in [-0.25, -0.2) is 0 Å². The highest BCUT2D eigenvalue weighted by Crippen LogP contribution is 2.21. The molecule has 0 unspecified atom stereocenters. The summed E-state index contributed by atoms with van der Waals surface area (Å²) >= 11 is 0. The van der Waals surface area contributed by atoms with E-state index in [1.165, 1.54) is 5.56 Å². The van der Waals surface area contributed by atoms with E-state index in [-0.39, 0.29) is 11.9 Å². The third-order valence-corrected chi connectivity index (χ3v) is 4.38. The van der Waals surface area contributed by atoms with Crippen LogP contribution in [-0.2, 0) is 11.2 Å². The van der Waals surface area contributed by atoms with E-state index in [1.54, 1.807) is 0 Å². The zero-order valence-electron chi connectivity index (χ0n) is 14.8. The summed E-state index contributed by atoms with van der Waals surface area (Å²) in [4.78, 5) is 12.5. The minimum absolute atomic E-state index is 0.0516. The van der Waals surface area contributed by atoms with Crippen LogP contribution in [0, 0.1) is 0 Å². The van der Waals surface area contributed by atoms with E-state index in [4.69, 9.17) is 0 Å². The Morgan fingerprint density at radius 2 is 1.27 bits per heavy atom. The second-order valence-electron chi connectivity index (χ2n) is 6.34. The van der Waals surface area contributed by atoms with Gasteiger partial charge in [0.15, 0.2) is 6.54 Å². The summed E-state index contributed by atoms with van der Waals surface area (Å²) in [7, 11) is 0. The molecule has 0 aliphatic carbocycles. The van der Waals surface area contributed by atoms with Crippen molar-refractivity contribution >= 4 is 5.91 Å². The lowest BCUT2D eigenvalue weighted by atomic mass is 9.99. The Kier molecular flexibility index (Phi) is 6.57. The summed E-state index contributed by atoms with van der Waals surface area (Å²) in [5.74, 6) is 0.0516. The zero-order chi connectivity index (χ0) is 18.0. The molecule has 0 bridgehead atoms. The molecular formula is C23H25N2O+. The molecule has 0 atom stereocenters. The number of rotatable bonds is 8. The normalized spacial score (nSPS) is 10.7. The standard InChI is InChI=1S/C23H24N2O/c26-22(18-24-17-16-19-10-4-1-5-11-19)25-23(20-12-6-2-7-13-20)21-14-8-3-9-15-21/h1-15,23-24H,16-18H2,(H,25,26)/p+1. The van der Waals surface area contributed by atoms with Crippen LogP contribution in [0.5, 0.6) is 0 Å². The Labute approximate surface area is 155 Å². The first-order chi connectivity index (χ1) is 12.8. The molecule has 0 aliphatic heterocycles. The predicted molar refractivity (Wildman–Crippen MR) is 105 cm³/mol. The van der Waals surface area contributed by atoms with Gasteiger partial charge in [-0.05, 0) is 16.7 Å². The fraction of sp³-hybridized carbons (Fsp3) is 0.174. The summed E-state index contributed by atoms with van der Waals surface area (Å²) < 4.78 is 0. The van der Waals surface area contributed by atoms with Crippen LogP contribution < -0.4 is 10.6 Å². The van der Waals surface area contributed by atoms with Gasteiger partial charge in [0, 0.05) is 6.42 Å². The molecule has 0 radical (unpaired) electrons. The minimum atomic E-state index is -0.118. The fourth-order valence-corrected chi connectivity index (χ4v) is 3.02. The summed E-state index contributed by atoms with van der Waals surface area (Å²) in [6, 6.07) is 30.4. The first-order valence-electron chi connectivity index (χ1n) is 9.08. The number of benzene rings is 3. The van der Waals surface area contributed by atoms with Crippen LogP contribution in [-0.4, -0.2) is 19.0 Å². The van der Waals surface area contributed by atoms with E-state index >= 15 is 0 Å². The van der Waals surface area contributed by atoms with Crippen LogP contribution in [0.4, 0.5) is 0 Å². The third-order valence-electron chi connectivity index (χ3n) is 4.38. The molecule has 3 nitrogen and oxygen atoms in total. The summed E-state index contributed by atoms with van der Waals surface area (Å²) in [6.45, 7) is 1.34. The van der Waals surface area contributed by atoms with Crippen molar-refractivity contribution in [3.63, 3.8) is 0 Å². The van der Waals surface area contributed by atoms with Crippen LogP contribution in [0.15, 0.2) is 91.0 Å². The molecule has 3 rings (SSSR count). The summed E-state index contributed by atoms with van der Waals surface area (Å²) in [6.07, 6.45) is 0.967. The van der Waals surface area contributed by atoms with Gasteiger partial charge < -0.3 is 10.6 Å². The van der Waals surface area contributed by atoms with E-state index in [2.05, 4.69) is 47.0 Å². The Balaban J connectivity index is 1.56. The van der Waals surface area contributed by atoms with E-state index < -0.39 is 0 Å². The highest BCUT2D eigenvalue weighted by molar-refractivity contribution is 5.77. The molecule has 0 aliphatic rings. The number of hydrogen-bond donors (Lipinski definition) is 2. The average Bonchev–Trinajstić information content (AvgIpc) is 2.71. The smallest absolute Gasteiger partial charge is 0.275 e. The quantitative estimate of drug-likeness (QED) is 0.606. The van der Waals surface area contributed by atoms with Crippen LogP contribution in [0.25, 0.3) is 0 Å². The molecule has 3 N–H and O–H groups in total. The molecule has 26 heavy (non-hydrogen) atoms. The van der Waals surface area contributed by atoms with Crippen molar-refractivity contribution < 1.29 is 10.1 Å². The maximum absolute atomic E-state index is 12.5. The molecule has 3 aromatic rings. The van der Waals surface area contributed by atoms with Crippen molar-refractivity contribution in [1.82, 2.24) is 5.32 Å². The van der Waals surface area contributed by atoms with Gasteiger partial charge in [0.05, 0.1) is 12.6 Å². The first-order valence-corrected chi connectivity index (χ1v) is 9.08. The number of carbonyl (C=O) groups is 1. The lowest BCUT2D eigenvalue weighted by molar-refractivity contribution is -0.643. The maximum atomic E-state index is 12.5. The molecular weight excluding hydrogens is 320 g/mol. The maximum Gasteiger partial charge on any atom is 0.275 e. The SMILES string of the molecule is O=C(C[NH2+]CCc1ccccc1)NC(c1ccccc1)c1ccccc1. The van der Waals surface area contributed by atoms with Crippen molar-refractivity contribution in [2.24, 2.45) is 0 Å². The number of nitrogens with one attached hydrogen (secondary N) is 1. The molecule has 0 aromatic heterocycles. The lowest BCUT2D eigenvalue weighted by Gasteiger charge is -2.19. The molecule has 0 saturated heterocycles. The predicted octanol–water partition coefficient (Wildman–Crippen LogP) is 2.70. The van der Waals surface area contributed by atoms with Crippen LogP contribution >= 0.6 is 0 Å². The van der Waals surface area contributed by atoms with E-state index in [9.17, 15) is 4.79 Å². The van der Waals surface area contributed by atoms with Crippen molar-refractivity contribution in [3.8, 4) is 0 Å². The lowest BCUT2D eigenvalue weighted by Crippen LogP contribution is -2.87. The number of quaternary nitrogens is 1. The van der Waals surface area contributed by atoms with E-state index in [1.807, 2.05) is 54.6 Å². The van der Waals surface area contributed by atoms with Gasteiger partial charge in [0.2, 0.25) is 0 Å². The minimum Gasteiger partial charge on any atom is -0.340 e. The van der Waals surface area contributed by atoms with Crippen LogP contribution in [0.1, 0.15) is 22.7 Å². The monoisotopic (exact) mass is 345 g/mol. The molecule has 0 saturated carbocycles. The van der Waals surface area contributed by atoms with Gasteiger partial charge in [0.1, 0.15) is 0 Å². The van der Waals surface area contributed by atoms with Gasteiger partial charge in [-0.2, -0.15) is 0 Å². The Morgan fingerprint density at radius 3 is 1.81 bits per heavy atom. The van der Waals surface area contributed by atoms with Gasteiger partial charge in [-0.1, -0.05) is 91.0 Å².